The van der Waals surface area contributed by atoms with E-state index >= 15 is 0 Å². The number of carbonyl (C=O) groups excluding carboxylic acids is 2. The molecule has 0 saturated heterocycles. The fraction of sp³-hybridized carbons (Fsp3) is 0.310. The molecule has 0 amide bonds. The first-order valence-corrected chi connectivity index (χ1v) is 11.7. The smallest absolute Gasteiger partial charge is 0.346 e. The van der Waals surface area contributed by atoms with Crippen molar-refractivity contribution in [3.8, 4) is 11.1 Å². The van der Waals surface area contributed by atoms with Crippen LogP contribution in [-0.2, 0) is 15.6 Å². The van der Waals surface area contributed by atoms with Crippen molar-refractivity contribution in [2.45, 2.75) is 58.3 Å². The van der Waals surface area contributed by atoms with Crippen LogP contribution in [0.2, 0.25) is 0 Å². The molecular weight excluding hydrogens is 442 g/mol. The van der Waals surface area contributed by atoms with E-state index in [2.05, 4.69) is 33.8 Å². The van der Waals surface area contributed by atoms with Crippen LogP contribution in [0.1, 0.15) is 77.9 Å². The molecule has 3 aromatic carbocycles. The second kappa shape index (κ2) is 8.77. The molecule has 6 nitrogen and oxygen atoms in total. The van der Waals surface area contributed by atoms with Gasteiger partial charge in [0.1, 0.15) is 0 Å². The van der Waals surface area contributed by atoms with Gasteiger partial charge in [-0.25, -0.2) is 9.59 Å². The second-order valence-electron chi connectivity index (χ2n) is 10.5. The molecule has 0 spiro atoms. The quantitative estimate of drug-likeness (QED) is 0.178. The lowest BCUT2D eigenvalue weighted by Crippen LogP contribution is -2.35. The average molecular weight is 472 g/mol. The van der Waals surface area contributed by atoms with E-state index < -0.39 is 11.9 Å². The van der Waals surface area contributed by atoms with Crippen LogP contribution in [0.5, 0.6) is 0 Å². The summed E-state index contributed by atoms with van der Waals surface area (Å²) >= 11 is 0. The van der Waals surface area contributed by atoms with Crippen molar-refractivity contribution in [1.29, 1.82) is 0 Å². The lowest BCUT2D eigenvalue weighted by Gasteiger charge is -2.41. The van der Waals surface area contributed by atoms with Crippen LogP contribution in [0.4, 0.5) is 5.69 Å². The summed E-state index contributed by atoms with van der Waals surface area (Å²) in [6, 6.07) is 17.0. The zero-order chi connectivity index (χ0) is 25.5. The number of benzene rings is 3. The van der Waals surface area contributed by atoms with E-state index in [1.807, 2.05) is 0 Å². The lowest BCUT2D eigenvalue weighted by molar-refractivity contribution is -0.386. The predicted molar refractivity (Wildman–Crippen MR) is 135 cm³/mol. The first-order chi connectivity index (χ1) is 16.4. The molecule has 180 valence electrons. The molecule has 35 heavy (non-hydrogen) atoms. The van der Waals surface area contributed by atoms with E-state index in [4.69, 9.17) is 4.74 Å². The fourth-order valence-corrected chi connectivity index (χ4v) is 4.96. The molecule has 0 aromatic heterocycles. The molecule has 0 fully saturated rings. The molecule has 0 unspecified atom stereocenters. The Labute approximate surface area is 205 Å². The molecule has 4 rings (SSSR count). The van der Waals surface area contributed by atoms with E-state index in [-0.39, 0.29) is 27.0 Å². The Balaban J connectivity index is 1.72. The number of rotatable bonds is 4. The van der Waals surface area contributed by atoms with E-state index in [0.717, 1.165) is 35.1 Å². The fourth-order valence-electron chi connectivity index (χ4n) is 4.96. The highest BCUT2D eigenvalue weighted by Crippen LogP contribution is 2.52. The number of carbonyl (C=O) groups is 2. The van der Waals surface area contributed by atoms with Gasteiger partial charge in [0.15, 0.2) is 0 Å². The molecule has 3 aromatic rings. The molecule has 0 bridgehead atoms. The van der Waals surface area contributed by atoms with E-state index in [1.54, 1.807) is 61.5 Å². The number of nitro groups is 1. The van der Waals surface area contributed by atoms with Crippen LogP contribution in [-0.4, -0.2) is 16.9 Å². The van der Waals surface area contributed by atoms with Crippen molar-refractivity contribution < 1.29 is 19.2 Å². The molecule has 1 aliphatic carbocycles. The van der Waals surface area contributed by atoms with Gasteiger partial charge in [-0.3, -0.25) is 10.1 Å². The van der Waals surface area contributed by atoms with Gasteiger partial charge < -0.3 is 4.74 Å². The van der Waals surface area contributed by atoms with Gasteiger partial charge in [0.25, 0.3) is 5.69 Å². The van der Waals surface area contributed by atoms with E-state index in [9.17, 15) is 19.7 Å². The first-order valence-electron chi connectivity index (χ1n) is 11.7. The van der Waals surface area contributed by atoms with Crippen molar-refractivity contribution in [3.05, 3.63) is 98.6 Å². The molecule has 0 aliphatic heterocycles. The normalized spacial score (nSPS) is 15.7. The number of nitro benzene ring substituents is 1. The van der Waals surface area contributed by atoms with Gasteiger partial charge in [-0.2, -0.15) is 0 Å². The van der Waals surface area contributed by atoms with E-state index in [0.29, 0.717) is 11.1 Å². The Morgan fingerprint density at radius 3 is 1.97 bits per heavy atom. The maximum Gasteiger partial charge on any atom is 0.346 e. The predicted octanol–water partition coefficient (Wildman–Crippen LogP) is 6.92. The van der Waals surface area contributed by atoms with Gasteiger partial charge in [0, 0.05) is 11.1 Å². The molecule has 0 radical (unpaired) electrons. The summed E-state index contributed by atoms with van der Waals surface area (Å²) in [7, 11) is 0. The zero-order valence-corrected chi connectivity index (χ0v) is 20.7. The largest absolute Gasteiger partial charge is 0.386 e. The number of fused-ring (bicyclic) bond motifs is 1. The minimum Gasteiger partial charge on any atom is -0.386 e. The summed E-state index contributed by atoms with van der Waals surface area (Å²) in [6.45, 7) is 10.2. The number of esters is 2. The summed E-state index contributed by atoms with van der Waals surface area (Å²) in [5, 5.41) is 12.3. The molecule has 6 heteroatoms. The van der Waals surface area contributed by atoms with Gasteiger partial charge in [0.2, 0.25) is 0 Å². The highest BCUT2D eigenvalue weighted by molar-refractivity contribution is 6.02. The third-order valence-electron chi connectivity index (χ3n) is 7.14. The number of nitrogens with zero attached hydrogens (tertiary/aromatic N) is 1. The molecule has 0 N–H and O–H groups in total. The number of hydrogen-bond donors (Lipinski definition) is 0. The van der Waals surface area contributed by atoms with Gasteiger partial charge in [-0.1, -0.05) is 58.0 Å². The Morgan fingerprint density at radius 2 is 1.40 bits per heavy atom. The molecule has 1 aliphatic rings. The Morgan fingerprint density at radius 1 is 0.857 bits per heavy atom. The minimum atomic E-state index is -0.749. The highest BCUT2D eigenvalue weighted by Gasteiger charge is 2.43. The molecule has 0 atom stereocenters. The van der Waals surface area contributed by atoms with Crippen LogP contribution >= 0.6 is 0 Å². The maximum absolute atomic E-state index is 12.5. The van der Waals surface area contributed by atoms with Crippen LogP contribution < -0.4 is 0 Å². The molecule has 0 saturated carbocycles. The maximum atomic E-state index is 12.5. The summed E-state index contributed by atoms with van der Waals surface area (Å²) < 4.78 is 5.00. The third-order valence-corrected chi connectivity index (χ3v) is 7.14. The van der Waals surface area contributed by atoms with E-state index in [1.165, 1.54) is 0 Å². The molecular formula is C29H29NO5. The highest BCUT2D eigenvalue weighted by atomic mass is 16.6. The van der Waals surface area contributed by atoms with Crippen molar-refractivity contribution in [2.75, 3.05) is 0 Å². The Hall–Kier alpha value is -3.80. The Bertz CT molecular complexity index is 1320. The lowest BCUT2D eigenvalue weighted by atomic mass is 9.61. The summed E-state index contributed by atoms with van der Waals surface area (Å²) in [5.41, 5.74) is 4.15. The standard InChI is InChI=1S/C29H29NO5/c1-18-22(17-23-24(25(18)30(33)34)29(4,5)16-15-28(23,2)3)19-11-13-21(14-12-19)27(32)35-26(31)20-9-7-6-8-10-20/h6-14,17H,15-16H2,1-5H3. The van der Waals surface area contributed by atoms with Gasteiger partial charge in [-0.05, 0) is 77.6 Å². The SMILES string of the molecule is Cc1c(-c2ccc(C(=O)OC(=O)c3ccccc3)cc2)cc2c(c1[N+](=O)[O-])C(C)(C)CCC2(C)C. The number of ether oxygens (including phenoxy) is 1. The van der Waals surface area contributed by atoms with Crippen LogP contribution in [0.3, 0.4) is 0 Å². The van der Waals surface area contributed by atoms with Crippen molar-refractivity contribution in [2.24, 2.45) is 0 Å². The summed E-state index contributed by atoms with van der Waals surface area (Å²) in [5.74, 6) is -1.47. The monoisotopic (exact) mass is 471 g/mol. The topological polar surface area (TPSA) is 86.5 Å². The summed E-state index contributed by atoms with van der Waals surface area (Å²) in [4.78, 5) is 36.7. The zero-order valence-electron chi connectivity index (χ0n) is 20.7. The summed E-state index contributed by atoms with van der Waals surface area (Å²) in [6.07, 6.45) is 1.82. The molecule has 0 heterocycles. The second-order valence-corrected chi connectivity index (χ2v) is 10.5. The van der Waals surface area contributed by atoms with Gasteiger partial charge in [0.05, 0.1) is 16.1 Å². The van der Waals surface area contributed by atoms with Crippen LogP contribution in [0, 0.1) is 17.0 Å². The number of hydrogen-bond acceptors (Lipinski definition) is 5. The Kier molecular flexibility index (Phi) is 6.09. The minimum absolute atomic E-state index is 0.173. The van der Waals surface area contributed by atoms with Crippen molar-refractivity contribution in [1.82, 2.24) is 0 Å². The van der Waals surface area contributed by atoms with Crippen LogP contribution in [0.25, 0.3) is 11.1 Å². The van der Waals surface area contributed by atoms with Crippen molar-refractivity contribution >= 4 is 17.6 Å². The average Bonchev–Trinajstić information content (AvgIpc) is 2.82. The third kappa shape index (κ3) is 4.48. The van der Waals surface area contributed by atoms with Gasteiger partial charge in [-0.15, -0.1) is 0 Å². The van der Waals surface area contributed by atoms with Crippen LogP contribution in [0.15, 0.2) is 60.7 Å². The van der Waals surface area contributed by atoms with Gasteiger partial charge >= 0.3 is 11.9 Å². The van der Waals surface area contributed by atoms with Crippen molar-refractivity contribution in [3.63, 3.8) is 0 Å². The first kappa shape index (κ1) is 24.3.